The first-order chi connectivity index (χ1) is 11.6. The van der Waals surface area contributed by atoms with Crippen LogP contribution in [0.1, 0.15) is 28.1 Å². The van der Waals surface area contributed by atoms with Crippen molar-refractivity contribution in [3.8, 4) is 0 Å². The highest BCUT2D eigenvalue weighted by Gasteiger charge is 2.12. The van der Waals surface area contributed by atoms with Crippen molar-refractivity contribution in [2.45, 2.75) is 33.5 Å². The molecule has 0 spiro atoms. The van der Waals surface area contributed by atoms with Crippen LogP contribution >= 0.6 is 0 Å². The van der Waals surface area contributed by atoms with E-state index in [9.17, 15) is 5.11 Å². The van der Waals surface area contributed by atoms with Gasteiger partial charge in [0.15, 0.2) is 0 Å². The summed E-state index contributed by atoms with van der Waals surface area (Å²) in [6, 6.07) is 5.90. The second-order valence-electron chi connectivity index (χ2n) is 5.92. The summed E-state index contributed by atoms with van der Waals surface area (Å²) in [4.78, 5) is 11.2. The van der Waals surface area contributed by atoms with Crippen molar-refractivity contribution in [1.82, 2.24) is 14.9 Å². The summed E-state index contributed by atoms with van der Waals surface area (Å²) in [5, 5.41) is 9.51. The molecule has 0 aliphatic carbocycles. The smallest absolute Gasteiger partial charge is 0.0700 e. The number of rotatable bonds is 8. The standard InChI is InChI=1S/C19H26N4O/c1-15-10-16(2)18(22-11-15)12-23(9-4-3-7-20)13-19-17(14-24)6-5-8-21-19/h3-6,8,10-11,24H,7,9,12-14,20H2,1-2H3. The Balaban J connectivity index is 2.19. The number of pyridine rings is 2. The summed E-state index contributed by atoms with van der Waals surface area (Å²) in [5.74, 6) is 0. The zero-order valence-corrected chi connectivity index (χ0v) is 14.4. The molecule has 0 unspecified atom stereocenters. The quantitative estimate of drug-likeness (QED) is 0.727. The Labute approximate surface area is 143 Å². The molecule has 0 bridgehead atoms. The van der Waals surface area contributed by atoms with Gasteiger partial charge in [0.1, 0.15) is 0 Å². The van der Waals surface area contributed by atoms with Crippen LogP contribution in [0, 0.1) is 13.8 Å². The molecule has 24 heavy (non-hydrogen) atoms. The van der Waals surface area contributed by atoms with Crippen LogP contribution in [0.25, 0.3) is 0 Å². The first kappa shape index (κ1) is 18.3. The van der Waals surface area contributed by atoms with Crippen LogP contribution in [0.5, 0.6) is 0 Å². The van der Waals surface area contributed by atoms with Crippen molar-refractivity contribution in [1.29, 1.82) is 0 Å². The summed E-state index contributed by atoms with van der Waals surface area (Å²) in [5.41, 5.74) is 10.7. The van der Waals surface area contributed by atoms with Crippen molar-refractivity contribution in [3.63, 3.8) is 0 Å². The summed E-state index contributed by atoms with van der Waals surface area (Å²) in [7, 11) is 0. The Kier molecular flexibility index (Phi) is 7.06. The molecule has 0 atom stereocenters. The van der Waals surface area contributed by atoms with Crippen molar-refractivity contribution in [3.05, 3.63) is 70.8 Å². The van der Waals surface area contributed by atoms with E-state index >= 15 is 0 Å². The molecule has 2 aromatic heterocycles. The molecule has 2 aromatic rings. The molecule has 128 valence electrons. The van der Waals surface area contributed by atoms with Crippen molar-refractivity contribution in [2.75, 3.05) is 13.1 Å². The fraction of sp³-hybridized carbons (Fsp3) is 0.368. The molecule has 0 aliphatic rings. The van der Waals surface area contributed by atoms with Crippen molar-refractivity contribution < 1.29 is 5.11 Å². The summed E-state index contributed by atoms with van der Waals surface area (Å²) >= 11 is 0. The third-order valence-electron chi connectivity index (χ3n) is 3.89. The fourth-order valence-electron chi connectivity index (χ4n) is 2.60. The van der Waals surface area contributed by atoms with E-state index < -0.39 is 0 Å². The molecule has 2 heterocycles. The minimum atomic E-state index is -0.00252. The first-order valence-corrected chi connectivity index (χ1v) is 8.17. The van der Waals surface area contributed by atoms with E-state index in [1.54, 1.807) is 6.20 Å². The molecular formula is C19H26N4O. The lowest BCUT2D eigenvalue weighted by atomic mass is 10.1. The van der Waals surface area contributed by atoms with Gasteiger partial charge in [-0.25, -0.2) is 0 Å². The number of hydrogen-bond donors (Lipinski definition) is 2. The molecule has 5 heteroatoms. The average molecular weight is 326 g/mol. The van der Waals surface area contributed by atoms with Crippen LogP contribution in [0.3, 0.4) is 0 Å². The van der Waals surface area contributed by atoms with E-state index in [0.29, 0.717) is 13.1 Å². The molecule has 0 amide bonds. The highest BCUT2D eigenvalue weighted by Crippen LogP contribution is 2.14. The Morgan fingerprint density at radius 1 is 1.17 bits per heavy atom. The van der Waals surface area contributed by atoms with Crippen molar-refractivity contribution in [2.24, 2.45) is 5.73 Å². The number of nitrogens with two attached hydrogens (primary N) is 1. The van der Waals surface area contributed by atoms with Gasteiger partial charge in [-0.2, -0.15) is 0 Å². The highest BCUT2D eigenvalue weighted by atomic mass is 16.3. The fourth-order valence-corrected chi connectivity index (χ4v) is 2.60. The average Bonchev–Trinajstić information content (AvgIpc) is 2.58. The van der Waals surface area contributed by atoms with Crippen LogP contribution in [0.2, 0.25) is 0 Å². The molecular weight excluding hydrogens is 300 g/mol. The Hall–Kier alpha value is -2.08. The van der Waals surface area contributed by atoms with E-state index in [2.05, 4.69) is 33.9 Å². The normalized spacial score (nSPS) is 11.5. The Morgan fingerprint density at radius 3 is 2.67 bits per heavy atom. The summed E-state index contributed by atoms with van der Waals surface area (Å²) in [6.07, 6.45) is 7.67. The zero-order valence-electron chi connectivity index (χ0n) is 14.4. The van der Waals surface area contributed by atoms with E-state index in [0.717, 1.165) is 35.6 Å². The summed E-state index contributed by atoms with van der Waals surface area (Å²) < 4.78 is 0. The molecule has 0 saturated heterocycles. The number of nitrogens with zero attached hydrogens (tertiary/aromatic N) is 3. The van der Waals surface area contributed by atoms with Gasteiger partial charge in [0.25, 0.3) is 0 Å². The molecule has 5 nitrogen and oxygen atoms in total. The molecule has 0 saturated carbocycles. The third-order valence-corrected chi connectivity index (χ3v) is 3.89. The van der Waals surface area contributed by atoms with Gasteiger partial charge in [-0.3, -0.25) is 14.9 Å². The number of aromatic nitrogens is 2. The lowest BCUT2D eigenvalue weighted by molar-refractivity contribution is 0.260. The van der Waals surface area contributed by atoms with Crippen LogP contribution < -0.4 is 5.73 Å². The molecule has 0 radical (unpaired) electrons. The van der Waals surface area contributed by atoms with Crippen LogP contribution in [0.4, 0.5) is 0 Å². The van der Waals surface area contributed by atoms with Crippen LogP contribution in [0.15, 0.2) is 42.7 Å². The molecule has 0 fully saturated rings. The van der Waals surface area contributed by atoms with Gasteiger partial charge in [0.2, 0.25) is 0 Å². The SMILES string of the molecule is Cc1cnc(CN(CC=CCN)Cc2ncccc2CO)c(C)c1. The highest BCUT2D eigenvalue weighted by molar-refractivity contribution is 5.24. The van der Waals surface area contributed by atoms with Gasteiger partial charge >= 0.3 is 0 Å². The lowest BCUT2D eigenvalue weighted by Crippen LogP contribution is -2.25. The van der Waals surface area contributed by atoms with Gasteiger partial charge in [-0.15, -0.1) is 0 Å². The maximum atomic E-state index is 9.51. The van der Waals surface area contributed by atoms with Gasteiger partial charge in [0, 0.05) is 44.1 Å². The Bertz CT molecular complexity index is 685. The van der Waals surface area contributed by atoms with Crippen molar-refractivity contribution >= 4 is 0 Å². The molecule has 2 rings (SSSR count). The maximum absolute atomic E-state index is 9.51. The minimum absolute atomic E-state index is 0.00252. The molecule has 3 N–H and O–H groups in total. The van der Waals surface area contributed by atoms with Gasteiger partial charge in [-0.05, 0) is 31.0 Å². The first-order valence-electron chi connectivity index (χ1n) is 8.17. The third kappa shape index (κ3) is 5.23. The number of aliphatic hydroxyl groups is 1. The molecule has 0 aliphatic heterocycles. The minimum Gasteiger partial charge on any atom is -0.392 e. The van der Waals surface area contributed by atoms with E-state index in [1.165, 1.54) is 5.56 Å². The van der Waals surface area contributed by atoms with Crippen LogP contribution in [-0.2, 0) is 19.7 Å². The predicted molar refractivity (Wildman–Crippen MR) is 96.2 cm³/mol. The summed E-state index contributed by atoms with van der Waals surface area (Å²) in [6.45, 7) is 6.80. The molecule has 0 aromatic carbocycles. The topological polar surface area (TPSA) is 75.3 Å². The maximum Gasteiger partial charge on any atom is 0.0700 e. The van der Waals surface area contributed by atoms with E-state index in [-0.39, 0.29) is 6.61 Å². The van der Waals surface area contributed by atoms with Gasteiger partial charge in [-0.1, -0.05) is 24.3 Å². The second-order valence-corrected chi connectivity index (χ2v) is 5.92. The Morgan fingerprint density at radius 2 is 1.96 bits per heavy atom. The number of aliphatic hydroxyl groups excluding tert-OH is 1. The lowest BCUT2D eigenvalue weighted by Gasteiger charge is -2.22. The largest absolute Gasteiger partial charge is 0.392 e. The monoisotopic (exact) mass is 326 g/mol. The van der Waals surface area contributed by atoms with Gasteiger partial charge in [0.05, 0.1) is 18.0 Å². The predicted octanol–water partition coefficient (Wildman–Crippen LogP) is 2.10. The van der Waals surface area contributed by atoms with E-state index in [1.807, 2.05) is 31.3 Å². The second kappa shape index (κ2) is 9.27. The number of aryl methyl sites for hydroxylation is 2. The van der Waals surface area contributed by atoms with E-state index in [4.69, 9.17) is 5.73 Å². The van der Waals surface area contributed by atoms with Crippen LogP contribution in [-0.4, -0.2) is 33.1 Å². The zero-order chi connectivity index (χ0) is 17.4. The van der Waals surface area contributed by atoms with Gasteiger partial charge < -0.3 is 10.8 Å². The number of hydrogen-bond acceptors (Lipinski definition) is 5.